The summed E-state index contributed by atoms with van der Waals surface area (Å²) >= 11 is 1.44. The Balaban J connectivity index is 2.39. The standard InChI is InChI=1S/C11H21N3S/c1-3-5-6-7-10(12-8-4-2)11-9-15-14-13-11/h9-10,12H,3-8H2,1-2H3. The van der Waals surface area contributed by atoms with E-state index >= 15 is 0 Å². The third kappa shape index (κ3) is 4.71. The fourth-order valence-electron chi connectivity index (χ4n) is 1.60. The van der Waals surface area contributed by atoms with Gasteiger partial charge in [0.05, 0.1) is 11.7 Å². The van der Waals surface area contributed by atoms with Crippen LogP contribution < -0.4 is 5.32 Å². The van der Waals surface area contributed by atoms with Crippen molar-refractivity contribution in [1.82, 2.24) is 14.9 Å². The van der Waals surface area contributed by atoms with Crippen molar-refractivity contribution in [2.24, 2.45) is 0 Å². The molecule has 1 aromatic heterocycles. The normalized spacial score (nSPS) is 12.9. The predicted molar refractivity (Wildman–Crippen MR) is 65.1 cm³/mol. The van der Waals surface area contributed by atoms with Crippen LogP contribution in [0.25, 0.3) is 0 Å². The van der Waals surface area contributed by atoms with Crippen molar-refractivity contribution in [2.75, 3.05) is 6.54 Å². The Morgan fingerprint density at radius 3 is 2.80 bits per heavy atom. The molecule has 0 aliphatic rings. The molecule has 0 spiro atoms. The van der Waals surface area contributed by atoms with Crippen LogP contribution in [0, 0.1) is 0 Å². The van der Waals surface area contributed by atoms with Gasteiger partial charge in [0.2, 0.25) is 0 Å². The fraction of sp³-hybridized carbons (Fsp3) is 0.818. The summed E-state index contributed by atoms with van der Waals surface area (Å²) < 4.78 is 3.93. The molecule has 1 rings (SSSR count). The fourth-order valence-corrected chi connectivity index (χ4v) is 2.10. The number of nitrogens with zero attached hydrogens (tertiary/aromatic N) is 2. The highest BCUT2D eigenvalue weighted by atomic mass is 32.1. The van der Waals surface area contributed by atoms with E-state index in [9.17, 15) is 0 Å². The molecule has 0 radical (unpaired) electrons. The van der Waals surface area contributed by atoms with Gasteiger partial charge in [0.1, 0.15) is 0 Å². The summed E-state index contributed by atoms with van der Waals surface area (Å²) in [5.74, 6) is 0. The number of aromatic nitrogens is 2. The van der Waals surface area contributed by atoms with Crippen LogP contribution in [0.1, 0.15) is 57.7 Å². The molecule has 1 unspecified atom stereocenters. The van der Waals surface area contributed by atoms with Gasteiger partial charge in [0.15, 0.2) is 0 Å². The number of hydrogen-bond donors (Lipinski definition) is 1. The summed E-state index contributed by atoms with van der Waals surface area (Å²) in [6.45, 7) is 5.49. The maximum Gasteiger partial charge on any atom is 0.0924 e. The minimum atomic E-state index is 0.412. The van der Waals surface area contributed by atoms with Gasteiger partial charge in [-0.2, -0.15) is 0 Å². The maximum atomic E-state index is 4.15. The SMILES string of the molecule is CCCCCC(NCCC)c1csnn1. The molecular formula is C11H21N3S. The third-order valence-corrected chi connectivity index (χ3v) is 2.99. The van der Waals surface area contributed by atoms with Gasteiger partial charge in [-0.25, -0.2) is 0 Å². The smallest absolute Gasteiger partial charge is 0.0924 e. The zero-order valence-electron chi connectivity index (χ0n) is 9.70. The van der Waals surface area contributed by atoms with Crippen molar-refractivity contribution in [2.45, 2.75) is 52.0 Å². The first kappa shape index (κ1) is 12.6. The van der Waals surface area contributed by atoms with Gasteiger partial charge in [-0.3, -0.25) is 0 Å². The molecule has 0 aliphatic carbocycles. The van der Waals surface area contributed by atoms with E-state index in [0.29, 0.717) is 6.04 Å². The second kappa shape index (κ2) is 7.77. The van der Waals surface area contributed by atoms with Gasteiger partial charge in [0.25, 0.3) is 0 Å². The average molecular weight is 227 g/mol. The predicted octanol–water partition coefficient (Wildman–Crippen LogP) is 3.16. The highest BCUT2D eigenvalue weighted by molar-refractivity contribution is 7.03. The molecule has 15 heavy (non-hydrogen) atoms. The number of nitrogens with one attached hydrogen (secondary N) is 1. The number of rotatable bonds is 8. The van der Waals surface area contributed by atoms with Gasteiger partial charge in [-0.05, 0) is 30.9 Å². The average Bonchev–Trinajstić information content (AvgIpc) is 2.76. The lowest BCUT2D eigenvalue weighted by molar-refractivity contribution is 0.465. The summed E-state index contributed by atoms with van der Waals surface area (Å²) in [5, 5.41) is 9.74. The van der Waals surface area contributed by atoms with Gasteiger partial charge in [-0.15, -0.1) is 5.10 Å². The Morgan fingerprint density at radius 1 is 1.33 bits per heavy atom. The quantitative estimate of drug-likeness (QED) is 0.693. The molecule has 4 heteroatoms. The van der Waals surface area contributed by atoms with Gasteiger partial charge < -0.3 is 5.32 Å². The zero-order chi connectivity index (χ0) is 10.9. The largest absolute Gasteiger partial charge is 0.309 e. The first-order valence-corrected chi connectivity index (χ1v) is 6.72. The summed E-state index contributed by atoms with van der Waals surface area (Å²) in [6.07, 6.45) is 6.20. The van der Waals surface area contributed by atoms with Crippen LogP contribution in [-0.4, -0.2) is 16.1 Å². The van der Waals surface area contributed by atoms with E-state index in [-0.39, 0.29) is 0 Å². The molecule has 0 aromatic carbocycles. The Bertz CT molecular complexity index is 236. The van der Waals surface area contributed by atoms with Crippen molar-refractivity contribution in [1.29, 1.82) is 0 Å². The van der Waals surface area contributed by atoms with E-state index in [1.54, 1.807) is 0 Å². The van der Waals surface area contributed by atoms with Crippen LogP contribution in [0.15, 0.2) is 5.38 Å². The monoisotopic (exact) mass is 227 g/mol. The second-order valence-corrected chi connectivity index (χ2v) is 4.44. The lowest BCUT2D eigenvalue weighted by atomic mass is 10.1. The van der Waals surface area contributed by atoms with E-state index in [2.05, 4.69) is 34.1 Å². The molecule has 1 heterocycles. The van der Waals surface area contributed by atoms with E-state index in [1.807, 2.05) is 0 Å². The summed E-state index contributed by atoms with van der Waals surface area (Å²) in [5.41, 5.74) is 1.12. The molecule has 1 N–H and O–H groups in total. The van der Waals surface area contributed by atoms with Crippen molar-refractivity contribution in [3.63, 3.8) is 0 Å². The van der Waals surface area contributed by atoms with E-state index in [1.165, 1.54) is 43.6 Å². The highest BCUT2D eigenvalue weighted by Crippen LogP contribution is 2.18. The van der Waals surface area contributed by atoms with E-state index < -0.39 is 0 Å². The Kier molecular flexibility index (Phi) is 6.52. The van der Waals surface area contributed by atoms with Crippen molar-refractivity contribution >= 4 is 11.5 Å². The minimum Gasteiger partial charge on any atom is -0.309 e. The second-order valence-electron chi connectivity index (χ2n) is 3.83. The van der Waals surface area contributed by atoms with Crippen LogP contribution in [-0.2, 0) is 0 Å². The van der Waals surface area contributed by atoms with Crippen LogP contribution in [0.2, 0.25) is 0 Å². The van der Waals surface area contributed by atoms with Crippen LogP contribution >= 0.6 is 11.5 Å². The molecule has 0 saturated heterocycles. The first-order chi connectivity index (χ1) is 7.38. The molecule has 0 amide bonds. The first-order valence-electron chi connectivity index (χ1n) is 5.88. The zero-order valence-corrected chi connectivity index (χ0v) is 10.5. The van der Waals surface area contributed by atoms with Gasteiger partial charge in [0, 0.05) is 5.38 Å². The van der Waals surface area contributed by atoms with E-state index in [4.69, 9.17) is 0 Å². The van der Waals surface area contributed by atoms with Crippen LogP contribution in [0.4, 0.5) is 0 Å². The molecule has 0 bridgehead atoms. The lowest BCUT2D eigenvalue weighted by Gasteiger charge is -2.15. The molecule has 0 fully saturated rings. The Hall–Kier alpha value is -0.480. The number of unbranched alkanes of at least 4 members (excludes halogenated alkanes) is 2. The molecule has 1 atom stereocenters. The summed E-state index contributed by atoms with van der Waals surface area (Å²) in [6, 6.07) is 0.412. The molecule has 86 valence electrons. The number of hydrogen-bond acceptors (Lipinski definition) is 4. The van der Waals surface area contributed by atoms with Crippen molar-refractivity contribution in [3.05, 3.63) is 11.1 Å². The van der Waals surface area contributed by atoms with Crippen LogP contribution in [0.5, 0.6) is 0 Å². The molecule has 1 aromatic rings. The molecule has 0 aliphatic heterocycles. The van der Waals surface area contributed by atoms with E-state index in [0.717, 1.165) is 12.2 Å². The van der Waals surface area contributed by atoms with Gasteiger partial charge >= 0.3 is 0 Å². The topological polar surface area (TPSA) is 37.8 Å². The van der Waals surface area contributed by atoms with Crippen LogP contribution in [0.3, 0.4) is 0 Å². The lowest BCUT2D eigenvalue weighted by Crippen LogP contribution is -2.22. The molecular weight excluding hydrogens is 206 g/mol. The summed E-state index contributed by atoms with van der Waals surface area (Å²) in [4.78, 5) is 0. The Morgan fingerprint density at radius 2 is 2.20 bits per heavy atom. The maximum absolute atomic E-state index is 4.15. The summed E-state index contributed by atoms with van der Waals surface area (Å²) in [7, 11) is 0. The van der Waals surface area contributed by atoms with Crippen molar-refractivity contribution in [3.8, 4) is 0 Å². The van der Waals surface area contributed by atoms with Crippen molar-refractivity contribution < 1.29 is 0 Å². The highest BCUT2D eigenvalue weighted by Gasteiger charge is 2.12. The minimum absolute atomic E-state index is 0.412. The van der Waals surface area contributed by atoms with Gasteiger partial charge in [-0.1, -0.05) is 37.6 Å². The third-order valence-electron chi connectivity index (χ3n) is 2.47. The molecule has 0 saturated carbocycles. The molecule has 3 nitrogen and oxygen atoms in total. The Labute approximate surface area is 96.5 Å².